The van der Waals surface area contributed by atoms with Crippen molar-refractivity contribution in [2.24, 2.45) is 22.9 Å². The number of aryl methyl sites for hydroxylation is 1. The topological polar surface area (TPSA) is 502 Å². The highest BCUT2D eigenvalue weighted by atomic mass is 18.2. The van der Waals surface area contributed by atoms with Crippen LogP contribution in [0.3, 0.4) is 0 Å². The zero-order valence-corrected chi connectivity index (χ0v) is 50.2. The summed E-state index contributed by atoms with van der Waals surface area (Å²) in [4.78, 5) is 149. The number of carbonyl (C=O) groups excluding carboxylic acids is 10. The maximum Gasteiger partial charge on any atom is 0.326 e. The Bertz CT molecular complexity index is 2810. The standard InChI is InChI=1S/C30H45FN10O7.C28H41N7O7/c31-12-15-41-19-24(39-40-41)29(46)38-21(10-4-6-13-32)27(44)34-18-26(43)37-23(16-20-8-2-1-3-9-20)28(45)35-17-25(42)36-22(30(47)48)11-5-7-14-33;1-2-23(36)33-20(12-6-8-14-29)26(39)31-18-25(38)35-22(16-19-10-4-3-5-11-19)27(40)32-17-24(37)34-21(28(41)42)13-7-9-15-30/h1-3,8-9,19,21-23H,4-7,10-18,32-33H2,(H6,34,35,36,37,38,42,43,44,45,46,47,48);1,3-5,10-11,20-22H,6-9,12-18,29-30H2,(H,31,39)(H,32,40)(H,33,36)(H,34,37)(H,35,38)(H,41,42)/p+1/t21-,22-,23-;20-,21-,22-/m00/s1/i31-1;. The number of aromatic nitrogens is 3. The van der Waals surface area contributed by atoms with Crippen LogP contribution < -0.4 is 80.8 Å². The van der Waals surface area contributed by atoms with Crippen LogP contribution in [0.2, 0.25) is 0 Å². The number of halogens is 1. The maximum absolute atomic E-state index is 13.1. The number of aromatic amines is 1. The lowest BCUT2D eigenvalue weighted by molar-refractivity contribution is -0.753. The number of H-pyrrole nitrogens is 1. The molecule has 10 amide bonds. The monoisotopic (exact) mass is 1260 g/mol. The van der Waals surface area contributed by atoms with E-state index in [1.165, 1.54) is 10.9 Å². The summed E-state index contributed by atoms with van der Waals surface area (Å²) in [6.45, 7) is -1.25. The highest BCUT2D eigenvalue weighted by Gasteiger charge is 2.29. The van der Waals surface area contributed by atoms with Gasteiger partial charge in [0.05, 0.1) is 31.3 Å². The van der Waals surface area contributed by atoms with Crippen LogP contribution in [0.1, 0.15) is 98.7 Å². The summed E-state index contributed by atoms with van der Waals surface area (Å²) in [5, 5.41) is 49.5. The van der Waals surface area contributed by atoms with Crippen LogP contribution in [-0.2, 0) is 72.1 Å². The third-order valence-corrected chi connectivity index (χ3v) is 13.1. The van der Waals surface area contributed by atoms with Gasteiger partial charge in [-0.15, -0.1) is 6.42 Å². The fourth-order valence-corrected chi connectivity index (χ4v) is 8.36. The van der Waals surface area contributed by atoms with E-state index < -0.39 is 140 Å². The smallest absolute Gasteiger partial charge is 0.326 e. The van der Waals surface area contributed by atoms with Crippen molar-refractivity contribution >= 4 is 71.0 Å². The number of aliphatic carboxylic acids is 2. The molecule has 0 unspecified atom stereocenters. The van der Waals surface area contributed by atoms with Crippen molar-refractivity contribution < 1.29 is 76.8 Å². The molecule has 0 radical (unpaired) electrons. The Morgan fingerprint density at radius 1 is 0.489 bits per heavy atom. The molecule has 0 aliphatic rings. The average molecular weight is 1260 g/mol. The number of unbranched alkanes of at least 4 members (excludes halogenated alkanes) is 4. The normalized spacial score (nSPS) is 12.6. The molecule has 90 heavy (non-hydrogen) atoms. The second kappa shape index (κ2) is 44.9. The van der Waals surface area contributed by atoms with Gasteiger partial charge in [-0.3, -0.25) is 47.9 Å². The van der Waals surface area contributed by atoms with E-state index >= 15 is 0 Å². The molecule has 0 saturated heterocycles. The van der Waals surface area contributed by atoms with Crippen molar-refractivity contribution in [2.45, 2.75) is 133 Å². The molecule has 1 aromatic heterocycles. The number of carboxylic acid groups (broad SMARTS) is 2. The van der Waals surface area contributed by atoms with E-state index in [2.05, 4.69) is 63.5 Å². The quantitative estimate of drug-likeness (QED) is 0.0144. The largest absolute Gasteiger partial charge is 0.480 e. The number of hydrogen-bond donors (Lipinski definition) is 17. The van der Waals surface area contributed by atoms with Gasteiger partial charge < -0.3 is 86.3 Å². The van der Waals surface area contributed by atoms with E-state index in [1.807, 2.05) is 5.92 Å². The molecule has 0 aliphatic carbocycles. The van der Waals surface area contributed by atoms with Gasteiger partial charge in [0.1, 0.15) is 49.5 Å². The summed E-state index contributed by atoms with van der Waals surface area (Å²) in [6, 6.07) is 11.0. The van der Waals surface area contributed by atoms with Crippen molar-refractivity contribution in [1.29, 1.82) is 0 Å². The fourth-order valence-electron chi connectivity index (χ4n) is 8.36. The first-order valence-electron chi connectivity index (χ1n) is 29.4. The van der Waals surface area contributed by atoms with Gasteiger partial charge in [0.2, 0.25) is 47.3 Å². The van der Waals surface area contributed by atoms with Crippen molar-refractivity contribution in [2.75, 3.05) is 59.0 Å². The highest BCUT2D eigenvalue weighted by molar-refractivity contribution is 5.99. The molecule has 3 rings (SSSR count). The second-order valence-corrected chi connectivity index (χ2v) is 20.4. The first kappa shape index (κ1) is 76.6. The Kier molecular flexibility index (Phi) is 38.2. The minimum absolute atomic E-state index is 0.0346. The number of nitrogens with zero attached hydrogens (tertiary/aromatic N) is 2. The Hall–Kier alpha value is -9.45. The van der Waals surface area contributed by atoms with Gasteiger partial charge in [-0.2, -0.15) is 4.68 Å². The number of amides is 10. The number of nitrogens with two attached hydrogens (primary N) is 4. The van der Waals surface area contributed by atoms with Crippen LogP contribution in [-0.4, -0.2) is 187 Å². The molecule has 0 spiro atoms. The van der Waals surface area contributed by atoms with Gasteiger partial charge in [-0.25, -0.2) is 14.0 Å². The lowest BCUT2D eigenvalue weighted by Crippen LogP contribution is -2.54. The van der Waals surface area contributed by atoms with Gasteiger partial charge in [0.15, 0.2) is 6.20 Å². The molecular weight excluding hydrogens is 1180 g/mol. The lowest BCUT2D eigenvalue weighted by Gasteiger charge is -2.20. The van der Waals surface area contributed by atoms with Crippen LogP contribution in [0.25, 0.3) is 0 Å². The Morgan fingerprint density at radius 3 is 1.16 bits per heavy atom. The van der Waals surface area contributed by atoms with Gasteiger partial charge in [0.25, 0.3) is 5.91 Å². The summed E-state index contributed by atoms with van der Waals surface area (Å²) >= 11 is 0. The number of benzene rings is 2. The van der Waals surface area contributed by atoms with Gasteiger partial charge in [-0.05, 0) is 120 Å². The van der Waals surface area contributed by atoms with Crippen molar-refractivity contribution in [3.05, 3.63) is 83.7 Å². The zero-order valence-electron chi connectivity index (χ0n) is 50.2. The highest BCUT2D eigenvalue weighted by Crippen LogP contribution is 2.08. The Morgan fingerprint density at radius 2 is 0.822 bits per heavy atom. The molecule has 0 saturated carbocycles. The first-order chi connectivity index (χ1) is 43.2. The minimum Gasteiger partial charge on any atom is -0.480 e. The van der Waals surface area contributed by atoms with Gasteiger partial charge in [-0.1, -0.05) is 65.9 Å². The van der Waals surface area contributed by atoms with Crippen LogP contribution >= 0.6 is 0 Å². The predicted octanol–water partition coefficient (Wildman–Crippen LogP) is -4.56. The number of terminal acetylenes is 1. The van der Waals surface area contributed by atoms with Crippen molar-refractivity contribution in [3.63, 3.8) is 0 Å². The third kappa shape index (κ3) is 32.5. The Balaban J connectivity index is 0.000000619. The summed E-state index contributed by atoms with van der Waals surface area (Å²) in [6.07, 6.45) is 11.8. The van der Waals surface area contributed by atoms with Crippen molar-refractivity contribution in [1.82, 2.24) is 63.5 Å². The van der Waals surface area contributed by atoms with Crippen LogP contribution in [0.15, 0.2) is 66.9 Å². The van der Waals surface area contributed by atoms with Crippen LogP contribution in [0.4, 0.5) is 4.39 Å². The SMILES string of the molecule is C#CC(=O)N[C@@H](CCCCN)C(=O)NCC(=O)N[C@@H](Cc1ccccc1)C(=O)NCC(=O)N[C@@H](CCCCN)C(=O)O.NCCCC[C@H](NC(=O)CNC(=O)[C@H](Cc1ccccc1)NC(=O)CNC(=O)[C@H](CCCCN)NC(=O)c1c[n+](CC[18F])[nH]n1)C(=O)O. The molecule has 21 N–H and O–H groups in total. The summed E-state index contributed by atoms with van der Waals surface area (Å²) in [7, 11) is 0. The second-order valence-electron chi connectivity index (χ2n) is 20.4. The number of rotatable bonds is 43. The molecule has 494 valence electrons. The molecule has 6 atom stereocenters. The molecular formula is C58H87FN17O14+. The summed E-state index contributed by atoms with van der Waals surface area (Å²) in [5.41, 5.74) is 23.3. The number of carbonyl (C=O) groups is 12. The number of carboxylic acids is 2. The summed E-state index contributed by atoms with van der Waals surface area (Å²) in [5.74, 6) is -7.56. The fraction of sp³-hybridized carbons (Fsp3) is 0.517. The van der Waals surface area contributed by atoms with Crippen LogP contribution in [0.5, 0.6) is 0 Å². The van der Waals surface area contributed by atoms with E-state index in [4.69, 9.17) is 29.4 Å². The minimum atomic E-state index is -1.22. The number of alkyl halides is 1. The van der Waals surface area contributed by atoms with E-state index in [0.29, 0.717) is 88.7 Å². The van der Waals surface area contributed by atoms with E-state index in [-0.39, 0.29) is 50.8 Å². The summed E-state index contributed by atoms with van der Waals surface area (Å²) < 4.78 is 13.9. The average Bonchev–Trinajstić information content (AvgIpc) is 3.46. The van der Waals surface area contributed by atoms with E-state index in [9.17, 15) is 72.1 Å². The zero-order chi connectivity index (χ0) is 66.6. The Labute approximate surface area is 520 Å². The van der Waals surface area contributed by atoms with Crippen molar-refractivity contribution in [3.8, 4) is 12.3 Å². The van der Waals surface area contributed by atoms with Crippen LogP contribution in [0, 0.1) is 12.3 Å². The predicted molar refractivity (Wildman–Crippen MR) is 324 cm³/mol. The molecule has 2 aromatic carbocycles. The molecule has 1 heterocycles. The van der Waals surface area contributed by atoms with Gasteiger partial charge in [0, 0.05) is 12.8 Å². The molecule has 0 aliphatic heterocycles. The third-order valence-electron chi connectivity index (χ3n) is 13.1. The maximum atomic E-state index is 13.1. The van der Waals surface area contributed by atoms with E-state index in [0.717, 1.165) is 0 Å². The molecule has 0 bridgehead atoms. The van der Waals surface area contributed by atoms with E-state index in [1.54, 1.807) is 60.7 Å². The number of nitrogens with one attached hydrogen (secondary N) is 11. The first-order valence-corrected chi connectivity index (χ1v) is 29.4. The van der Waals surface area contributed by atoms with Gasteiger partial charge >= 0.3 is 23.5 Å². The molecule has 32 heteroatoms. The molecule has 0 fully saturated rings. The number of hydrogen-bond acceptors (Lipinski definition) is 17. The molecule has 3 aromatic rings. The molecule has 31 nitrogen and oxygen atoms in total. The lowest BCUT2D eigenvalue weighted by atomic mass is 10.1.